The molecule has 2 fully saturated rings. The molecule has 17 heavy (non-hydrogen) atoms. The summed E-state index contributed by atoms with van der Waals surface area (Å²) < 4.78 is 0. The van der Waals surface area contributed by atoms with Crippen molar-refractivity contribution in [2.45, 2.75) is 52.5 Å². The van der Waals surface area contributed by atoms with E-state index in [1.54, 1.807) is 0 Å². The average Bonchev–Trinajstić information content (AvgIpc) is 3.02. The fraction of sp³-hybridized carbons (Fsp3) is 0.923. The van der Waals surface area contributed by atoms with E-state index in [9.17, 15) is 4.79 Å². The molecular formula is C13H25ClN2O. The molecule has 1 atom stereocenters. The van der Waals surface area contributed by atoms with Crippen molar-refractivity contribution in [1.82, 2.24) is 4.90 Å². The molecule has 2 aliphatic rings. The van der Waals surface area contributed by atoms with Crippen LogP contribution in [0.25, 0.3) is 0 Å². The molecule has 100 valence electrons. The molecule has 0 radical (unpaired) electrons. The highest BCUT2D eigenvalue weighted by molar-refractivity contribution is 5.85. The van der Waals surface area contributed by atoms with Gasteiger partial charge in [0.15, 0.2) is 0 Å². The first-order valence-corrected chi connectivity index (χ1v) is 6.46. The summed E-state index contributed by atoms with van der Waals surface area (Å²) in [5.74, 6) is 0.384. The number of piperidine rings is 1. The number of hydrogen-bond donors (Lipinski definition) is 1. The van der Waals surface area contributed by atoms with Crippen molar-refractivity contribution in [2.75, 3.05) is 13.1 Å². The van der Waals surface area contributed by atoms with Gasteiger partial charge in [0.2, 0.25) is 5.91 Å². The third-order valence-electron chi connectivity index (χ3n) is 4.58. The third kappa shape index (κ3) is 2.60. The lowest BCUT2D eigenvalue weighted by atomic mass is 9.79. The first-order chi connectivity index (χ1) is 7.41. The second-order valence-electron chi connectivity index (χ2n) is 6.24. The van der Waals surface area contributed by atoms with Crippen molar-refractivity contribution < 1.29 is 4.79 Å². The van der Waals surface area contributed by atoms with Gasteiger partial charge in [0.05, 0.1) is 0 Å². The summed E-state index contributed by atoms with van der Waals surface area (Å²) in [5.41, 5.74) is 6.17. The average molecular weight is 261 g/mol. The molecule has 0 bridgehead atoms. The molecule has 1 aliphatic heterocycles. The van der Waals surface area contributed by atoms with Gasteiger partial charge in [-0.3, -0.25) is 4.79 Å². The number of carbonyl (C=O) groups is 1. The van der Waals surface area contributed by atoms with Crippen LogP contribution < -0.4 is 5.73 Å². The van der Waals surface area contributed by atoms with Crippen LogP contribution in [0, 0.1) is 10.8 Å². The summed E-state index contributed by atoms with van der Waals surface area (Å²) in [4.78, 5) is 14.4. The predicted molar refractivity (Wildman–Crippen MR) is 72.2 cm³/mol. The van der Waals surface area contributed by atoms with Crippen LogP contribution in [-0.4, -0.2) is 29.9 Å². The van der Waals surface area contributed by atoms with Gasteiger partial charge in [0.25, 0.3) is 0 Å². The molecule has 1 saturated heterocycles. The van der Waals surface area contributed by atoms with E-state index >= 15 is 0 Å². The zero-order chi connectivity index (χ0) is 12.0. The Bertz CT molecular complexity index is 300. The number of hydrogen-bond acceptors (Lipinski definition) is 2. The summed E-state index contributed by atoms with van der Waals surface area (Å²) >= 11 is 0. The van der Waals surface area contributed by atoms with Crippen molar-refractivity contribution in [3.63, 3.8) is 0 Å². The zero-order valence-electron chi connectivity index (χ0n) is 11.2. The maximum Gasteiger partial charge on any atom is 0.228 e. The summed E-state index contributed by atoms with van der Waals surface area (Å²) in [6, 6.07) is 0.230. The minimum absolute atomic E-state index is 0. The van der Waals surface area contributed by atoms with E-state index in [-0.39, 0.29) is 29.3 Å². The van der Waals surface area contributed by atoms with Gasteiger partial charge in [-0.15, -0.1) is 12.4 Å². The van der Waals surface area contributed by atoms with Gasteiger partial charge in [0, 0.05) is 24.5 Å². The van der Waals surface area contributed by atoms with E-state index in [4.69, 9.17) is 5.73 Å². The third-order valence-corrected chi connectivity index (χ3v) is 4.58. The van der Waals surface area contributed by atoms with Crippen molar-refractivity contribution in [3.05, 3.63) is 0 Å². The number of carbonyl (C=O) groups excluding carboxylic acids is 1. The molecule has 2 N–H and O–H groups in total. The minimum atomic E-state index is 0. The summed E-state index contributed by atoms with van der Waals surface area (Å²) in [6.07, 6.45) is 4.12. The Morgan fingerprint density at radius 3 is 2.41 bits per heavy atom. The lowest BCUT2D eigenvalue weighted by Gasteiger charge is -2.43. The van der Waals surface area contributed by atoms with E-state index in [1.165, 1.54) is 0 Å². The van der Waals surface area contributed by atoms with Gasteiger partial charge in [0.1, 0.15) is 0 Å². The van der Waals surface area contributed by atoms with Crippen LogP contribution >= 0.6 is 12.4 Å². The lowest BCUT2D eigenvalue weighted by Crippen LogP contribution is -2.55. The molecule has 0 aromatic rings. The Morgan fingerprint density at radius 1 is 1.41 bits per heavy atom. The molecule has 0 aromatic heterocycles. The molecule has 1 saturated carbocycles. The molecule has 1 aliphatic carbocycles. The highest BCUT2D eigenvalue weighted by Crippen LogP contribution is 2.50. The SMILES string of the molecule is CCC1(C(=O)N2CCC(N)C(C)(C)C2)CC1.Cl. The quantitative estimate of drug-likeness (QED) is 0.827. The topological polar surface area (TPSA) is 46.3 Å². The molecular weight excluding hydrogens is 236 g/mol. The Balaban J connectivity index is 0.00000144. The second-order valence-corrected chi connectivity index (χ2v) is 6.24. The highest BCUT2D eigenvalue weighted by Gasteiger charge is 2.51. The smallest absolute Gasteiger partial charge is 0.228 e. The van der Waals surface area contributed by atoms with Crippen LogP contribution in [0.4, 0.5) is 0 Å². The van der Waals surface area contributed by atoms with E-state index in [0.29, 0.717) is 5.91 Å². The lowest BCUT2D eigenvalue weighted by molar-refractivity contribution is -0.140. The van der Waals surface area contributed by atoms with Gasteiger partial charge in [-0.25, -0.2) is 0 Å². The van der Waals surface area contributed by atoms with Crippen molar-refractivity contribution in [2.24, 2.45) is 16.6 Å². The van der Waals surface area contributed by atoms with E-state index in [1.807, 2.05) is 0 Å². The van der Waals surface area contributed by atoms with Gasteiger partial charge < -0.3 is 10.6 Å². The monoisotopic (exact) mass is 260 g/mol. The van der Waals surface area contributed by atoms with Crippen LogP contribution in [0.3, 0.4) is 0 Å². The fourth-order valence-corrected chi connectivity index (χ4v) is 2.75. The summed E-state index contributed by atoms with van der Waals surface area (Å²) in [6.45, 7) is 8.15. The number of halogens is 1. The predicted octanol–water partition coefficient (Wildman–Crippen LogP) is 2.18. The van der Waals surface area contributed by atoms with Crippen LogP contribution in [0.5, 0.6) is 0 Å². The fourth-order valence-electron chi connectivity index (χ4n) is 2.75. The minimum Gasteiger partial charge on any atom is -0.342 e. The molecule has 1 amide bonds. The summed E-state index contributed by atoms with van der Waals surface area (Å²) in [7, 11) is 0. The van der Waals surface area contributed by atoms with Crippen molar-refractivity contribution in [1.29, 1.82) is 0 Å². The number of rotatable bonds is 2. The first-order valence-electron chi connectivity index (χ1n) is 6.46. The highest BCUT2D eigenvalue weighted by atomic mass is 35.5. The number of nitrogens with zero attached hydrogens (tertiary/aromatic N) is 1. The zero-order valence-corrected chi connectivity index (χ0v) is 12.0. The molecule has 1 heterocycles. The van der Waals surface area contributed by atoms with Gasteiger partial charge in [-0.05, 0) is 31.1 Å². The molecule has 1 unspecified atom stereocenters. The van der Waals surface area contributed by atoms with Gasteiger partial charge >= 0.3 is 0 Å². The Hall–Kier alpha value is -0.280. The van der Waals surface area contributed by atoms with Crippen LogP contribution in [-0.2, 0) is 4.79 Å². The van der Waals surface area contributed by atoms with Gasteiger partial charge in [-0.2, -0.15) is 0 Å². The Morgan fingerprint density at radius 2 is 2.00 bits per heavy atom. The summed E-state index contributed by atoms with van der Waals surface area (Å²) in [5, 5.41) is 0. The molecule has 0 spiro atoms. The maximum atomic E-state index is 12.4. The van der Waals surface area contributed by atoms with Gasteiger partial charge in [-0.1, -0.05) is 20.8 Å². The van der Waals surface area contributed by atoms with E-state index < -0.39 is 0 Å². The van der Waals surface area contributed by atoms with Crippen LogP contribution in [0.1, 0.15) is 46.5 Å². The molecule has 3 nitrogen and oxygen atoms in total. The van der Waals surface area contributed by atoms with E-state index in [2.05, 4.69) is 25.7 Å². The largest absolute Gasteiger partial charge is 0.342 e. The van der Waals surface area contributed by atoms with Crippen LogP contribution in [0.2, 0.25) is 0 Å². The Labute approximate surface area is 111 Å². The molecule has 4 heteroatoms. The number of likely N-dealkylation sites (tertiary alicyclic amines) is 1. The first kappa shape index (κ1) is 14.8. The maximum absolute atomic E-state index is 12.4. The molecule has 0 aromatic carbocycles. The number of nitrogens with two attached hydrogens (primary N) is 1. The number of amides is 1. The van der Waals surface area contributed by atoms with Crippen molar-refractivity contribution in [3.8, 4) is 0 Å². The Kier molecular flexibility index (Phi) is 4.15. The second kappa shape index (κ2) is 4.77. The van der Waals surface area contributed by atoms with Crippen LogP contribution in [0.15, 0.2) is 0 Å². The van der Waals surface area contributed by atoms with E-state index in [0.717, 1.165) is 38.8 Å². The van der Waals surface area contributed by atoms with Crippen molar-refractivity contribution >= 4 is 18.3 Å². The molecule has 2 rings (SSSR count). The normalized spacial score (nSPS) is 29.4. The standard InChI is InChI=1S/C13H24N2O.ClH/c1-4-13(6-7-13)11(16)15-8-5-10(14)12(2,3)9-15;/h10H,4-9,14H2,1-3H3;1H.